The van der Waals surface area contributed by atoms with Crippen LogP contribution in [-0.2, 0) is 23.1 Å². The summed E-state index contributed by atoms with van der Waals surface area (Å²) < 4.78 is 46.6. The molecular weight excluding hydrogens is 402 g/mol. The Hall–Kier alpha value is -1.93. The zero-order valence-corrected chi connectivity index (χ0v) is 15.6. The lowest BCUT2D eigenvalue weighted by Crippen LogP contribution is -2.30. The van der Waals surface area contributed by atoms with Crippen LogP contribution in [0.1, 0.15) is 11.3 Å². The fraction of sp³-hybridized carbons (Fsp3) is 0.118. The first-order valence-corrected chi connectivity index (χ1v) is 9.64. The van der Waals surface area contributed by atoms with E-state index in [0.717, 1.165) is 10.5 Å². The van der Waals surface area contributed by atoms with Gasteiger partial charge in [-0.15, -0.1) is 0 Å². The van der Waals surface area contributed by atoms with Gasteiger partial charge in [-0.2, -0.15) is 4.31 Å². The van der Waals surface area contributed by atoms with Crippen molar-refractivity contribution in [3.05, 3.63) is 82.2 Å². The van der Waals surface area contributed by atoms with E-state index in [2.05, 4.69) is 4.98 Å². The summed E-state index contributed by atoms with van der Waals surface area (Å²) in [5.74, 6) is -0.186. The molecule has 0 fully saturated rings. The fourth-order valence-electron chi connectivity index (χ4n) is 2.33. The van der Waals surface area contributed by atoms with Gasteiger partial charge < -0.3 is 4.42 Å². The molecule has 3 aromatic rings. The molecule has 136 valence electrons. The molecular formula is C17H13Cl2FN2O3S. The van der Waals surface area contributed by atoms with Crippen LogP contribution in [-0.4, -0.2) is 17.7 Å². The highest BCUT2D eigenvalue weighted by atomic mass is 35.5. The van der Waals surface area contributed by atoms with Crippen LogP contribution >= 0.6 is 23.2 Å². The number of halogens is 3. The molecule has 0 aliphatic rings. The highest BCUT2D eigenvalue weighted by Gasteiger charge is 2.28. The quantitative estimate of drug-likeness (QED) is 0.556. The standard InChI is InChI=1S/C17H13Cl2FN2O3S/c18-15-4-1-5-16(20)14(15)11-22(10-12-3-2-8-25-12)26(23,24)13-6-7-17(19)21-9-13/h1-9H,10-11H2. The van der Waals surface area contributed by atoms with E-state index in [0.29, 0.717) is 5.76 Å². The Morgan fingerprint density at radius 1 is 1.08 bits per heavy atom. The van der Waals surface area contributed by atoms with Crippen molar-refractivity contribution in [2.24, 2.45) is 0 Å². The zero-order chi connectivity index (χ0) is 18.7. The van der Waals surface area contributed by atoms with E-state index < -0.39 is 15.8 Å². The summed E-state index contributed by atoms with van der Waals surface area (Å²) in [5.41, 5.74) is 0.0752. The second-order valence-corrected chi connectivity index (χ2v) is 8.10. The summed E-state index contributed by atoms with van der Waals surface area (Å²) in [6, 6.07) is 10.2. The van der Waals surface area contributed by atoms with E-state index in [4.69, 9.17) is 27.6 Å². The normalized spacial score (nSPS) is 11.8. The lowest BCUT2D eigenvalue weighted by atomic mass is 10.2. The molecule has 0 spiro atoms. The average Bonchev–Trinajstić information content (AvgIpc) is 3.10. The molecule has 0 aliphatic carbocycles. The number of hydrogen-bond donors (Lipinski definition) is 0. The molecule has 5 nitrogen and oxygen atoms in total. The maximum Gasteiger partial charge on any atom is 0.245 e. The summed E-state index contributed by atoms with van der Waals surface area (Å²) in [6.45, 7) is -0.361. The van der Waals surface area contributed by atoms with Gasteiger partial charge in [0.1, 0.15) is 21.6 Å². The third kappa shape index (κ3) is 4.07. The minimum atomic E-state index is -4.00. The number of sulfonamides is 1. The van der Waals surface area contributed by atoms with Gasteiger partial charge in [-0.3, -0.25) is 0 Å². The molecule has 2 heterocycles. The lowest BCUT2D eigenvalue weighted by molar-refractivity contribution is 0.354. The Kier molecular flexibility index (Phi) is 5.62. The summed E-state index contributed by atoms with van der Waals surface area (Å²) in [6.07, 6.45) is 2.58. The van der Waals surface area contributed by atoms with Crippen molar-refractivity contribution in [3.8, 4) is 0 Å². The van der Waals surface area contributed by atoms with Crippen LogP contribution in [0.2, 0.25) is 10.2 Å². The number of pyridine rings is 1. The van der Waals surface area contributed by atoms with Gasteiger partial charge in [0.2, 0.25) is 10.0 Å². The van der Waals surface area contributed by atoms with Crippen molar-refractivity contribution < 1.29 is 17.2 Å². The van der Waals surface area contributed by atoms with Gasteiger partial charge in [0.05, 0.1) is 12.8 Å². The summed E-state index contributed by atoms with van der Waals surface area (Å²) in [5, 5.41) is 0.303. The Balaban J connectivity index is 2.01. The van der Waals surface area contributed by atoms with E-state index in [1.807, 2.05) is 0 Å². The Morgan fingerprint density at radius 3 is 2.50 bits per heavy atom. The molecule has 0 unspecified atom stereocenters. The lowest BCUT2D eigenvalue weighted by Gasteiger charge is -2.22. The van der Waals surface area contributed by atoms with Crippen molar-refractivity contribution in [3.63, 3.8) is 0 Å². The fourth-order valence-corrected chi connectivity index (χ4v) is 3.98. The highest BCUT2D eigenvalue weighted by Crippen LogP contribution is 2.26. The maximum atomic E-state index is 14.2. The van der Waals surface area contributed by atoms with Gasteiger partial charge in [0.25, 0.3) is 0 Å². The second kappa shape index (κ2) is 7.75. The van der Waals surface area contributed by atoms with Crippen LogP contribution in [0.4, 0.5) is 4.39 Å². The molecule has 0 aliphatic heterocycles. The molecule has 9 heteroatoms. The molecule has 0 amide bonds. The van der Waals surface area contributed by atoms with E-state index in [-0.39, 0.29) is 33.7 Å². The monoisotopic (exact) mass is 414 g/mol. The van der Waals surface area contributed by atoms with Crippen LogP contribution in [0.3, 0.4) is 0 Å². The molecule has 0 saturated carbocycles. The largest absolute Gasteiger partial charge is 0.468 e. The Labute approximate surface area is 160 Å². The van der Waals surface area contributed by atoms with E-state index in [9.17, 15) is 12.8 Å². The van der Waals surface area contributed by atoms with Gasteiger partial charge in [0, 0.05) is 23.3 Å². The zero-order valence-electron chi connectivity index (χ0n) is 13.3. The number of nitrogens with zero attached hydrogens (tertiary/aromatic N) is 2. The minimum Gasteiger partial charge on any atom is -0.468 e. The molecule has 26 heavy (non-hydrogen) atoms. The summed E-state index contributed by atoms with van der Waals surface area (Å²) in [7, 11) is -4.00. The number of aromatic nitrogens is 1. The second-order valence-electron chi connectivity index (χ2n) is 5.37. The average molecular weight is 415 g/mol. The van der Waals surface area contributed by atoms with E-state index >= 15 is 0 Å². The van der Waals surface area contributed by atoms with Crippen molar-refractivity contribution >= 4 is 33.2 Å². The van der Waals surface area contributed by atoms with Crippen molar-refractivity contribution in [2.75, 3.05) is 0 Å². The molecule has 2 aromatic heterocycles. The molecule has 0 N–H and O–H groups in total. The number of furan rings is 1. The smallest absolute Gasteiger partial charge is 0.245 e. The molecule has 0 radical (unpaired) electrons. The molecule has 3 rings (SSSR count). The predicted molar refractivity (Wildman–Crippen MR) is 95.8 cm³/mol. The summed E-state index contributed by atoms with van der Waals surface area (Å²) >= 11 is 11.8. The van der Waals surface area contributed by atoms with Gasteiger partial charge in [-0.25, -0.2) is 17.8 Å². The summed E-state index contributed by atoms with van der Waals surface area (Å²) in [4.78, 5) is 3.73. The van der Waals surface area contributed by atoms with Gasteiger partial charge in [-0.1, -0.05) is 29.3 Å². The van der Waals surface area contributed by atoms with Gasteiger partial charge in [0.15, 0.2) is 0 Å². The first kappa shape index (κ1) is 18.8. The molecule has 0 atom stereocenters. The van der Waals surface area contributed by atoms with Crippen molar-refractivity contribution in [1.82, 2.24) is 9.29 Å². The maximum absolute atomic E-state index is 14.2. The first-order valence-electron chi connectivity index (χ1n) is 7.45. The number of hydrogen-bond acceptors (Lipinski definition) is 4. The number of benzene rings is 1. The Morgan fingerprint density at radius 2 is 1.88 bits per heavy atom. The van der Waals surface area contributed by atoms with Gasteiger partial charge >= 0.3 is 0 Å². The highest BCUT2D eigenvalue weighted by molar-refractivity contribution is 7.89. The SMILES string of the molecule is O=S(=O)(c1ccc(Cl)nc1)N(Cc1ccco1)Cc1c(F)cccc1Cl. The third-order valence-electron chi connectivity index (χ3n) is 3.65. The molecule has 1 aromatic carbocycles. The van der Waals surface area contributed by atoms with Crippen LogP contribution in [0.15, 0.2) is 64.2 Å². The van der Waals surface area contributed by atoms with Crippen LogP contribution in [0, 0.1) is 5.82 Å². The number of rotatable bonds is 6. The van der Waals surface area contributed by atoms with Crippen LogP contribution < -0.4 is 0 Å². The van der Waals surface area contributed by atoms with Crippen molar-refractivity contribution in [1.29, 1.82) is 0 Å². The third-order valence-corrected chi connectivity index (χ3v) is 6.00. The first-order chi connectivity index (χ1) is 12.4. The molecule has 0 bridgehead atoms. The van der Waals surface area contributed by atoms with Crippen LogP contribution in [0.25, 0.3) is 0 Å². The minimum absolute atomic E-state index is 0.0686. The Bertz CT molecular complexity index is 973. The van der Waals surface area contributed by atoms with Crippen LogP contribution in [0.5, 0.6) is 0 Å². The van der Waals surface area contributed by atoms with E-state index in [1.54, 1.807) is 12.1 Å². The topological polar surface area (TPSA) is 63.4 Å². The van der Waals surface area contributed by atoms with Gasteiger partial charge in [-0.05, 0) is 36.4 Å². The molecule has 0 saturated heterocycles. The van der Waals surface area contributed by atoms with Crippen molar-refractivity contribution in [2.45, 2.75) is 18.0 Å². The predicted octanol–water partition coefficient (Wildman–Crippen LogP) is 4.51. The van der Waals surface area contributed by atoms with E-state index in [1.165, 1.54) is 36.6 Å².